The van der Waals surface area contributed by atoms with Crippen molar-refractivity contribution in [3.63, 3.8) is 0 Å². The Balaban J connectivity index is 1.74. The van der Waals surface area contributed by atoms with E-state index in [4.69, 9.17) is 32.4 Å². The Hall–Kier alpha value is -2.57. The second-order valence-corrected chi connectivity index (χ2v) is 5.68. The molecule has 0 spiro atoms. The lowest BCUT2D eigenvalue weighted by Gasteiger charge is -2.04. The topological polar surface area (TPSA) is 78.4 Å². The molecule has 6 nitrogen and oxygen atoms in total. The molecular formula is C16H10Cl2N2O4. The Bertz CT molecular complexity index is 878. The van der Waals surface area contributed by atoms with Crippen molar-refractivity contribution >= 4 is 28.9 Å². The number of nitro groups is 1. The van der Waals surface area contributed by atoms with Crippen molar-refractivity contribution in [2.75, 3.05) is 0 Å². The molecule has 1 heterocycles. The summed E-state index contributed by atoms with van der Waals surface area (Å²) in [5.74, 6) is 0.524. The number of benzene rings is 2. The highest BCUT2D eigenvalue weighted by Gasteiger charge is 2.16. The minimum Gasteiger partial charge on any atom is -0.480 e. The van der Waals surface area contributed by atoms with Gasteiger partial charge in [-0.3, -0.25) is 10.1 Å². The molecule has 0 fully saturated rings. The molecular weight excluding hydrogens is 355 g/mol. The van der Waals surface area contributed by atoms with Crippen LogP contribution < -0.4 is 4.74 Å². The molecule has 0 radical (unpaired) electrons. The first kappa shape index (κ1) is 16.3. The Kier molecular flexibility index (Phi) is 4.69. The monoisotopic (exact) mass is 364 g/mol. The van der Waals surface area contributed by atoms with Crippen LogP contribution in [0.2, 0.25) is 10.0 Å². The molecule has 3 aromatic rings. The van der Waals surface area contributed by atoms with Crippen LogP contribution in [0.15, 0.2) is 53.1 Å². The standard InChI is InChI=1S/C16H10Cl2N2O4/c17-11-3-1-10(2-4-11)16-19-13(9-24-16)8-23-15-6-5-12(18)7-14(15)20(21)22/h1-7,9H,8H2. The minimum atomic E-state index is -0.552. The molecule has 0 aliphatic rings. The quantitative estimate of drug-likeness (QED) is 0.462. The van der Waals surface area contributed by atoms with Gasteiger partial charge in [-0.2, -0.15) is 0 Å². The van der Waals surface area contributed by atoms with Gasteiger partial charge in [0.25, 0.3) is 0 Å². The van der Waals surface area contributed by atoms with Crippen molar-refractivity contribution in [2.45, 2.75) is 6.61 Å². The van der Waals surface area contributed by atoms with E-state index in [-0.39, 0.29) is 23.1 Å². The molecule has 0 unspecified atom stereocenters. The zero-order valence-corrected chi connectivity index (χ0v) is 13.6. The number of nitrogens with zero attached hydrogens (tertiary/aromatic N) is 2. The van der Waals surface area contributed by atoms with Gasteiger partial charge in [0.15, 0.2) is 5.75 Å². The van der Waals surface area contributed by atoms with E-state index in [0.717, 1.165) is 5.56 Å². The van der Waals surface area contributed by atoms with Crippen LogP contribution >= 0.6 is 23.2 Å². The van der Waals surface area contributed by atoms with Crippen molar-refractivity contribution < 1.29 is 14.1 Å². The molecule has 8 heteroatoms. The van der Waals surface area contributed by atoms with E-state index in [1.807, 2.05) is 0 Å². The summed E-state index contributed by atoms with van der Waals surface area (Å²) in [5.41, 5.74) is 1.07. The maximum absolute atomic E-state index is 11.0. The predicted molar refractivity (Wildman–Crippen MR) is 89.4 cm³/mol. The third-order valence-corrected chi connectivity index (χ3v) is 3.62. The molecule has 0 amide bonds. The summed E-state index contributed by atoms with van der Waals surface area (Å²) in [5, 5.41) is 11.9. The molecule has 0 aliphatic heterocycles. The molecule has 122 valence electrons. The van der Waals surface area contributed by atoms with Gasteiger partial charge in [-0.25, -0.2) is 4.98 Å². The predicted octanol–water partition coefficient (Wildman–Crippen LogP) is 5.14. The zero-order valence-electron chi connectivity index (χ0n) is 12.1. The average Bonchev–Trinajstić information content (AvgIpc) is 3.03. The first-order valence-electron chi connectivity index (χ1n) is 6.80. The number of halogens is 2. The molecule has 0 atom stereocenters. The number of aromatic nitrogens is 1. The fraction of sp³-hybridized carbons (Fsp3) is 0.0625. The number of nitro benzene ring substituents is 1. The summed E-state index contributed by atoms with van der Waals surface area (Å²) in [4.78, 5) is 14.8. The van der Waals surface area contributed by atoms with E-state index in [2.05, 4.69) is 4.98 Å². The van der Waals surface area contributed by atoms with Crippen LogP contribution in [0.5, 0.6) is 5.75 Å². The van der Waals surface area contributed by atoms with Crippen LogP contribution in [0.1, 0.15) is 5.69 Å². The van der Waals surface area contributed by atoms with Crippen LogP contribution in [-0.4, -0.2) is 9.91 Å². The summed E-state index contributed by atoms with van der Waals surface area (Å²) >= 11 is 11.6. The van der Waals surface area contributed by atoms with Gasteiger partial charge in [-0.15, -0.1) is 0 Å². The number of hydrogen-bond acceptors (Lipinski definition) is 5. The molecule has 24 heavy (non-hydrogen) atoms. The third kappa shape index (κ3) is 3.67. The Morgan fingerprint density at radius 1 is 1.12 bits per heavy atom. The molecule has 0 N–H and O–H groups in total. The van der Waals surface area contributed by atoms with Crippen molar-refractivity contribution in [3.8, 4) is 17.2 Å². The van der Waals surface area contributed by atoms with E-state index < -0.39 is 4.92 Å². The van der Waals surface area contributed by atoms with E-state index in [9.17, 15) is 10.1 Å². The van der Waals surface area contributed by atoms with Crippen LogP contribution in [0.4, 0.5) is 5.69 Å². The highest BCUT2D eigenvalue weighted by atomic mass is 35.5. The largest absolute Gasteiger partial charge is 0.480 e. The van der Waals surface area contributed by atoms with Gasteiger partial charge < -0.3 is 9.15 Å². The number of oxazole rings is 1. The summed E-state index contributed by atoms with van der Waals surface area (Å²) < 4.78 is 10.9. The fourth-order valence-electron chi connectivity index (χ4n) is 2.01. The second kappa shape index (κ2) is 6.90. The van der Waals surface area contributed by atoms with Crippen LogP contribution in [0.25, 0.3) is 11.5 Å². The fourth-order valence-corrected chi connectivity index (χ4v) is 2.30. The maximum atomic E-state index is 11.0. The number of hydrogen-bond donors (Lipinski definition) is 0. The molecule has 0 bridgehead atoms. The third-order valence-electron chi connectivity index (χ3n) is 3.14. The van der Waals surface area contributed by atoms with Gasteiger partial charge in [-0.1, -0.05) is 23.2 Å². The minimum absolute atomic E-state index is 0.0273. The Labute approximate surface area is 146 Å². The Morgan fingerprint density at radius 3 is 2.54 bits per heavy atom. The highest BCUT2D eigenvalue weighted by molar-refractivity contribution is 6.31. The average molecular weight is 365 g/mol. The first-order valence-corrected chi connectivity index (χ1v) is 7.55. The van der Waals surface area contributed by atoms with Crippen LogP contribution in [-0.2, 0) is 6.61 Å². The summed E-state index contributed by atoms with van der Waals surface area (Å²) in [6.07, 6.45) is 1.44. The van der Waals surface area contributed by atoms with Gasteiger partial charge in [0.1, 0.15) is 18.6 Å². The number of ether oxygens (including phenoxy) is 1. The van der Waals surface area contributed by atoms with Gasteiger partial charge >= 0.3 is 5.69 Å². The summed E-state index contributed by atoms with van der Waals surface area (Å²) in [7, 11) is 0. The molecule has 1 aromatic heterocycles. The van der Waals surface area contributed by atoms with E-state index in [0.29, 0.717) is 16.6 Å². The normalized spacial score (nSPS) is 10.6. The van der Waals surface area contributed by atoms with E-state index in [1.54, 1.807) is 24.3 Å². The van der Waals surface area contributed by atoms with Crippen molar-refractivity contribution in [1.29, 1.82) is 0 Å². The van der Waals surface area contributed by atoms with Gasteiger partial charge in [-0.05, 0) is 36.4 Å². The molecule has 0 saturated carbocycles. The smallest absolute Gasteiger partial charge is 0.312 e. The van der Waals surface area contributed by atoms with E-state index in [1.165, 1.54) is 24.5 Å². The van der Waals surface area contributed by atoms with Crippen LogP contribution in [0.3, 0.4) is 0 Å². The molecule has 2 aromatic carbocycles. The molecule has 0 saturated heterocycles. The van der Waals surface area contributed by atoms with Gasteiger partial charge in [0, 0.05) is 21.7 Å². The SMILES string of the molecule is O=[N+]([O-])c1cc(Cl)ccc1OCc1coc(-c2ccc(Cl)cc2)n1. The van der Waals surface area contributed by atoms with Crippen LogP contribution in [0, 0.1) is 10.1 Å². The van der Waals surface area contributed by atoms with Gasteiger partial charge in [0.05, 0.1) is 4.92 Å². The second-order valence-electron chi connectivity index (χ2n) is 4.81. The van der Waals surface area contributed by atoms with Gasteiger partial charge in [0.2, 0.25) is 5.89 Å². The lowest BCUT2D eigenvalue weighted by atomic mass is 10.2. The van der Waals surface area contributed by atoms with Crippen molar-refractivity contribution in [1.82, 2.24) is 4.98 Å². The van der Waals surface area contributed by atoms with Crippen molar-refractivity contribution in [3.05, 3.63) is 74.6 Å². The number of rotatable bonds is 5. The molecule has 3 rings (SSSR count). The first-order chi connectivity index (χ1) is 11.5. The molecule has 0 aliphatic carbocycles. The lowest BCUT2D eigenvalue weighted by molar-refractivity contribution is -0.385. The Morgan fingerprint density at radius 2 is 1.83 bits per heavy atom. The van der Waals surface area contributed by atoms with E-state index >= 15 is 0 Å². The summed E-state index contributed by atoms with van der Waals surface area (Å²) in [6, 6.07) is 11.2. The summed E-state index contributed by atoms with van der Waals surface area (Å²) in [6.45, 7) is 0.0273. The maximum Gasteiger partial charge on any atom is 0.312 e. The lowest BCUT2D eigenvalue weighted by Crippen LogP contribution is -1.99. The van der Waals surface area contributed by atoms with Crippen molar-refractivity contribution in [2.24, 2.45) is 0 Å². The highest BCUT2D eigenvalue weighted by Crippen LogP contribution is 2.30. The zero-order chi connectivity index (χ0) is 17.1.